The van der Waals surface area contributed by atoms with E-state index in [1.807, 2.05) is 35.0 Å². The van der Waals surface area contributed by atoms with Crippen molar-refractivity contribution in [3.63, 3.8) is 0 Å². The third-order valence-electron chi connectivity index (χ3n) is 3.22. The molecule has 1 heterocycles. The van der Waals surface area contributed by atoms with Gasteiger partial charge < -0.3 is 0 Å². The first-order chi connectivity index (χ1) is 8.95. The molecule has 3 nitrogen and oxygen atoms in total. The van der Waals surface area contributed by atoms with Gasteiger partial charge in [0.15, 0.2) is 0 Å². The number of H-pyrrole nitrogens is 1. The van der Waals surface area contributed by atoms with E-state index in [0.717, 1.165) is 29.8 Å². The van der Waals surface area contributed by atoms with E-state index >= 15 is 0 Å². The summed E-state index contributed by atoms with van der Waals surface area (Å²) in [5.74, 6) is 0. The maximum atomic E-state index is 12.2. The molecule has 102 valence electrons. The summed E-state index contributed by atoms with van der Waals surface area (Å²) in [4.78, 5) is 12.2. The van der Waals surface area contributed by atoms with Crippen molar-refractivity contribution in [1.29, 1.82) is 0 Å². The van der Waals surface area contributed by atoms with E-state index in [1.165, 1.54) is 0 Å². The van der Waals surface area contributed by atoms with Gasteiger partial charge in [-0.2, -0.15) is 0 Å². The molecule has 2 aromatic rings. The Morgan fingerprint density at radius 1 is 1.16 bits per heavy atom. The number of rotatable bonds is 3. The molecule has 0 saturated carbocycles. The molecule has 0 bridgehead atoms. The van der Waals surface area contributed by atoms with Crippen LogP contribution in [0.25, 0.3) is 5.69 Å². The number of aromatic amines is 1. The minimum absolute atomic E-state index is 0.0376. The Kier molecular flexibility index (Phi) is 3.65. The van der Waals surface area contributed by atoms with Gasteiger partial charge in [-0.05, 0) is 18.6 Å². The zero-order chi connectivity index (χ0) is 14.0. The molecule has 19 heavy (non-hydrogen) atoms. The SMILES string of the molecule is CCCc1c(C(C)(C)C)n(-c2ccccc2)[nH]c1=O. The Morgan fingerprint density at radius 2 is 1.79 bits per heavy atom. The number of para-hydroxylation sites is 1. The molecule has 0 atom stereocenters. The lowest BCUT2D eigenvalue weighted by Crippen LogP contribution is -2.19. The second-order valence-electron chi connectivity index (χ2n) is 5.94. The third kappa shape index (κ3) is 2.65. The summed E-state index contributed by atoms with van der Waals surface area (Å²) in [5, 5.41) is 2.98. The Balaban J connectivity index is 2.69. The summed E-state index contributed by atoms with van der Waals surface area (Å²) < 4.78 is 1.94. The first kappa shape index (κ1) is 13.7. The van der Waals surface area contributed by atoms with E-state index in [1.54, 1.807) is 0 Å². The quantitative estimate of drug-likeness (QED) is 0.900. The van der Waals surface area contributed by atoms with Gasteiger partial charge in [-0.25, -0.2) is 0 Å². The molecule has 0 aliphatic rings. The lowest BCUT2D eigenvalue weighted by Gasteiger charge is -2.22. The maximum absolute atomic E-state index is 12.2. The molecule has 0 radical (unpaired) electrons. The molecule has 0 spiro atoms. The predicted molar refractivity (Wildman–Crippen MR) is 79.1 cm³/mol. The van der Waals surface area contributed by atoms with E-state index in [4.69, 9.17) is 0 Å². The number of nitrogens with zero attached hydrogens (tertiary/aromatic N) is 1. The van der Waals surface area contributed by atoms with Crippen molar-refractivity contribution in [2.45, 2.75) is 46.0 Å². The molecule has 0 aliphatic carbocycles. The van der Waals surface area contributed by atoms with E-state index in [2.05, 4.69) is 32.8 Å². The van der Waals surface area contributed by atoms with Crippen LogP contribution in [-0.4, -0.2) is 9.78 Å². The molecule has 0 amide bonds. The Bertz CT molecular complexity index is 600. The molecular weight excluding hydrogens is 236 g/mol. The van der Waals surface area contributed by atoms with Gasteiger partial charge in [0.05, 0.1) is 11.4 Å². The van der Waals surface area contributed by atoms with Crippen molar-refractivity contribution in [3.8, 4) is 5.69 Å². The van der Waals surface area contributed by atoms with Crippen LogP contribution in [-0.2, 0) is 11.8 Å². The van der Waals surface area contributed by atoms with Gasteiger partial charge in [-0.15, -0.1) is 0 Å². The van der Waals surface area contributed by atoms with Crippen LogP contribution in [0.1, 0.15) is 45.4 Å². The first-order valence-corrected chi connectivity index (χ1v) is 6.85. The second-order valence-corrected chi connectivity index (χ2v) is 5.94. The molecule has 1 N–H and O–H groups in total. The van der Waals surface area contributed by atoms with Crippen LogP contribution in [0.5, 0.6) is 0 Å². The van der Waals surface area contributed by atoms with Gasteiger partial charge in [-0.1, -0.05) is 52.3 Å². The Labute approximate surface area is 114 Å². The van der Waals surface area contributed by atoms with E-state index in [-0.39, 0.29) is 11.0 Å². The molecule has 2 rings (SSSR count). The highest BCUT2D eigenvalue weighted by atomic mass is 16.1. The van der Waals surface area contributed by atoms with Gasteiger partial charge in [-0.3, -0.25) is 14.6 Å². The number of benzene rings is 1. The van der Waals surface area contributed by atoms with Gasteiger partial charge in [0, 0.05) is 11.0 Å². The number of nitrogens with one attached hydrogen (secondary N) is 1. The van der Waals surface area contributed by atoms with Crippen LogP contribution in [0, 0.1) is 0 Å². The normalized spacial score (nSPS) is 11.8. The second kappa shape index (κ2) is 5.08. The van der Waals surface area contributed by atoms with Gasteiger partial charge in [0.2, 0.25) is 0 Å². The van der Waals surface area contributed by atoms with E-state index < -0.39 is 0 Å². The zero-order valence-corrected chi connectivity index (χ0v) is 12.2. The molecule has 0 saturated heterocycles. The van der Waals surface area contributed by atoms with Crippen LogP contribution >= 0.6 is 0 Å². The Hall–Kier alpha value is -1.77. The summed E-state index contributed by atoms with van der Waals surface area (Å²) in [7, 11) is 0. The molecule has 1 aromatic heterocycles. The summed E-state index contributed by atoms with van der Waals surface area (Å²) in [6.45, 7) is 8.54. The van der Waals surface area contributed by atoms with Gasteiger partial charge in [0.1, 0.15) is 0 Å². The fourth-order valence-corrected chi connectivity index (χ4v) is 2.51. The maximum Gasteiger partial charge on any atom is 0.267 e. The van der Waals surface area contributed by atoms with Crippen molar-refractivity contribution in [1.82, 2.24) is 9.78 Å². The summed E-state index contributed by atoms with van der Waals surface area (Å²) >= 11 is 0. The lowest BCUT2D eigenvalue weighted by molar-refractivity contribution is 0.537. The Morgan fingerprint density at radius 3 is 2.32 bits per heavy atom. The highest BCUT2D eigenvalue weighted by Gasteiger charge is 2.25. The van der Waals surface area contributed by atoms with Crippen molar-refractivity contribution in [3.05, 3.63) is 51.9 Å². The highest BCUT2D eigenvalue weighted by molar-refractivity contribution is 5.37. The molecule has 3 heteroatoms. The summed E-state index contributed by atoms with van der Waals surface area (Å²) in [6, 6.07) is 9.98. The first-order valence-electron chi connectivity index (χ1n) is 6.85. The van der Waals surface area contributed by atoms with Crippen molar-refractivity contribution in [2.24, 2.45) is 0 Å². The number of hydrogen-bond donors (Lipinski definition) is 1. The van der Waals surface area contributed by atoms with Crippen LogP contribution in [0.15, 0.2) is 35.1 Å². The summed E-state index contributed by atoms with van der Waals surface area (Å²) in [6.07, 6.45) is 1.80. The highest BCUT2D eigenvalue weighted by Crippen LogP contribution is 2.27. The minimum atomic E-state index is -0.0699. The van der Waals surface area contributed by atoms with Crippen molar-refractivity contribution < 1.29 is 0 Å². The largest absolute Gasteiger partial charge is 0.268 e. The van der Waals surface area contributed by atoms with Crippen LogP contribution in [0.3, 0.4) is 0 Å². The molecule has 1 aromatic carbocycles. The zero-order valence-electron chi connectivity index (χ0n) is 12.2. The molecule has 0 unspecified atom stereocenters. The van der Waals surface area contributed by atoms with Crippen LogP contribution < -0.4 is 5.56 Å². The minimum Gasteiger partial charge on any atom is -0.268 e. The van der Waals surface area contributed by atoms with E-state index in [9.17, 15) is 4.79 Å². The smallest absolute Gasteiger partial charge is 0.267 e. The number of aromatic nitrogens is 2. The fraction of sp³-hybridized carbons (Fsp3) is 0.438. The molecular formula is C16H22N2O. The lowest BCUT2D eigenvalue weighted by atomic mass is 9.88. The molecule has 0 fully saturated rings. The average Bonchev–Trinajstić information content (AvgIpc) is 2.68. The van der Waals surface area contributed by atoms with E-state index in [0.29, 0.717) is 0 Å². The van der Waals surface area contributed by atoms with Crippen molar-refractivity contribution in [2.75, 3.05) is 0 Å². The predicted octanol–water partition coefficient (Wildman–Crippen LogP) is 3.42. The monoisotopic (exact) mass is 258 g/mol. The topological polar surface area (TPSA) is 37.8 Å². The average molecular weight is 258 g/mol. The van der Waals surface area contributed by atoms with Gasteiger partial charge in [0.25, 0.3) is 5.56 Å². The summed E-state index contributed by atoms with van der Waals surface area (Å²) in [5.41, 5.74) is 2.98. The third-order valence-corrected chi connectivity index (χ3v) is 3.22. The molecule has 0 aliphatic heterocycles. The van der Waals surface area contributed by atoms with Crippen molar-refractivity contribution >= 4 is 0 Å². The van der Waals surface area contributed by atoms with Gasteiger partial charge >= 0.3 is 0 Å². The van der Waals surface area contributed by atoms with Crippen LogP contribution in [0.4, 0.5) is 0 Å². The fourth-order valence-electron chi connectivity index (χ4n) is 2.51. The standard InChI is InChI=1S/C16H22N2O/c1-5-9-13-14(16(2,3)4)18(17-15(13)19)12-10-7-6-8-11-12/h6-8,10-11H,5,9H2,1-4H3,(H,17,19). The number of hydrogen-bond acceptors (Lipinski definition) is 1. The van der Waals surface area contributed by atoms with Crippen LogP contribution in [0.2, 0.25) is 0 Å².